The number of hydrogen-bond acceptors (Lipinski definition) is 4. The van der Waals surface area contributed by atoms with Crippen molar-refractivity contribution in [3.63, 3.8) is 0 Å². The smallest absolute Gasteiger partial charge is 0.235 e. The van der Waals surface area contributed by atoms with Gasteiger partial charge in [0.25, 0.3) is 0 Å². The van der Waals surface area contributed by atoms with Crippen molar-refractivity contribution in [3.05, 3.63) is 96.1 Å². The lowest BCUT2D eigenvalue weighted by Crippen LogP contribution is -2.56. The maximum absolute atomic E-state index is 14.3. The number of nitrogens with one attached hydrogen (secondary N) is 2. The van der Waals surface area contributed by atoms with Crippen LogP contribution >= 0.6 is 0 Å². The molecule has 2 saturated carbocycles. The summed E-state index contributed by atoms with van der Waals surface area (Å²) in [6.07, 6.45) is 7.90. The molecule has 0 radical (unpaired) electrons. The molecule has 6 nitrogen and oxygen atoms in total. The number of rotatable bonds is 8. The van der Waals surface area contributed by atoms with Crippen LogP contribution in [0, 0.1) is 5.41 Å². The minimum atomic E-state index is -1.48. The number of carbonyl (C=O) groups excluding carboxylic acids is 2. The zero-order valence-corrected chi connectivity index (χ0v) is 26.5. The van der Waals surface area contributed by atoms with Crippen molar-refractivity contribution in [1.82, 2.24) is 10.6 Å². The zero-order valence-electron chi connectivity index (χ0n) is 26.5. The maximum Gasteiger partial charge on any atom is 0.235 e. The predicted octanol–water partition coefficient (Wildman–Crippen LogP) is 7.42. The molecular weight excluding hydrogens is 560 g/mol. The van der Waals surface area contributed by atoms with Gasteiger partial charge < -0.3 is 20.8 Å². The molecule has 0 aliphatic heterocycles. The average molecular weight is 607 g/mol. The van der Waals surface area contributed by atoms with Crippen LogP contribution in [0.25, 0.3) is 21.5 Å². The van der Waals surface area contributed by atoms with Crippen LogP contribution < -0.4 is 10.6 Å². The van der Waals surface area contributed by atoms with Gasteiger partial charge in [-0.25, -0.2) is 0 Å². The Hall–Kier alpha value is -3.74. The molecule has 0 unspecified atom stereocenters. The summed E-state index contributed by atoms with van der Waals surface area (Å²) in [5.41, 5.74) is -2.04. The first-order valence-corrected chi connectivity index (χ1v) is 16.6. The lowest BCUT2D eigenvalue weighted by molar-refractivity contribution is -0.146. The second kappa shape index (κ2) is 12.6. The highest BCUT2D eigenvalue weighted by atomic mass is 16.3. The molecule has 0 aromatic heterocycles. The van der Waals surface area contributed by atoms with E-state index in [0.29, 0.717) is 25.7 Å². The second-order valence-corrected chi connectivity index (χ2v) is 13.9. The van der Waals surface area contributed by atoms with Crippen molar-refractivity contribution in [2.24, 2.45) is 5.41 Å². The molecule has 0 heterocycles. The van der Waals surface area contributed by atoms with E-state index in [9.17, 15) is 19.8 Å². The normalized spacial score (nSPS) is 19.5. The first kappa shape index (κ1) is 31.3. The lowest BCUT2D eigenvalue weighted by atomic mass is 9.75. The molecule has 2 aliphatic rings. The monoisotopic (exact) mass is 606 g/mol. The van der Waals surface area contributed by atoms with Gasteiger partial charge in [-0.2, -0.15) is 0 Å². The van der Waals surface area contributed by atoms with E-state index >= 15 is 0 Å². The van der Waals surface area contributed by atoms with Crippen LogP contribution in [-0.4, -0.2) is 33.2 Å². The van der Waals surface area contributed by atoms with E-state index in [-0.39, 0.29) is 0 Å². The molecule has 6 rings (SSSR count). The molecule has 0 saturated heterocycles. The third-order valence-electron chi connectivity index (χ3n) is 10.5. The van der Waals surface area contributed by atoms with Gasteiger partial charge in [-0.15, -0.1) is 0 Å². The van der Waals surface area contributed by atoms with Crippen LogP contribution in [0.1, 0.15) is 101 Å². The largest absolute Gasteiger partial charge is 0.387 e. The van der Waals surface area contributed by atoms with Crippen molar-refractivity contribution in [1.29, 1.82) is 0 Å². The van der Waals surface area contributed by atoms with Gasteiger partial charge in [-0.05, 0) is 72.2 Å². The summed E-state index contributed by atoms with van der Waals surface area (Å²) in [6.45, 7) is 3.27. The van der Waals surface area contributed by atoms with Crippen molar-refractivity contribution >= 4 is 33.4 Å². The molecule has 2 fully saturated rings. The van der Waals surface area contributed by atoms with Crippen molar-refractivity contribution in [3.8, 4) is 0 Å². The van der Waals surface area contributed by atoms with E-state index in [2.05, 4.69) is 10.6 Å². The summed E-state index contributed by atoms with van der Waals surface area (Å²) in [5, 5.41) is 34.5. The van der Waals surface area contributed by atoms with Gasteiger partial charge in [0.2, 0.25) is 11.8 Å². The first-order chi connectivity index (χ1) is 21.6. The number of amides is 2. The van der Waals surface area contributed by atoms with Crippen LogP contribution in [0.3, 0.4) is 0 Å². The van der Waals surface area contributed by atoms with Crippen molar-refractivity contribution in [2.75, 3.05) is 0 Å². The highest BCUT2D eigenvalue weighted by Gasteiger charge is 2.47. The van der Waals surface area contributed by atoms with Crippen LogP contribution in [0.5, 0.6) is 0 Å². The Kier molecular flexibility index (Phi) is 8.73. The average Bonchev–Trinajstić information content (AvgIpc) is 3.06. The van der Waals surface area contributed by atoms with Gasteiger partial charge >= 0.3 is 0 Å². The molecule has 2 aliphatic carbocycles. The number of benzene rings is 4. The van der Waals surface area contributed by atoms with Crippen LogP contribution in [0.2, 0.25) is 0 Å². The fourth-order valence-electron chi connectivity index (χ4n) is 7.64. The third kappa shape index (κ3) is 6.10. The number of aliphatic hydroxyl groups is 2. The third-order valence-corrected chi connectivity index (χ3v) is 10.5. The van der Waals surface area contributed by atoms with Gasteiger partial charge in [0.05, 0.1) is 23.3 Å². The van der Waals surface area contributed by atoms with Gasteiger partial charge in [0, 0.05) is 0 Å². The van der Waals surface area contributed by atoms with Gasteiger partial charge in [0.15, 0.2) is 0 Å². The fraction of sp³-hybridized carbons (Fsp3) is 0.436. The number of fused-ring (bicyclic) bond motifs is 2. The standard InChI is InChI=1S/C39H46N2O4/c1-37(2,35(42)40-33(38(44)23-9-3-10-24-38)31-21-13-17-27-15-5-7-19-29(27)31)36(43)41-34(39(45)25-11-4-12-26-39)32-22-14-18-28-16-6-8-20-30(28)32/h5-8,13-22,33-34,44-45H,3-4,9-12,23-26H2,1-2H3,(H,40,42)(H,41,43)/t33-,34-/m0/s1. The summed E-state index contributed by atoms with van der Waals surface area (Å²) in [4.78, 5) is 28.5. The highest BCUT2D eigenvalue weighted by Crippen LogP contribution is 2.43. The summed E-state index contributed by atoms with van der Waals surface area (Å²) >= 11 is 0. The zero-order chi connectivity index (χ0) is 31.7. The molecule has 45 heavy (non-hydrogen) atoms. The minimum Gasteiger partial charge on any atom is -0.387 e. The molecule has 4 N–H and O–H groups in total. The Balaban J connectivity index is 1.33. The number of hydrogen-bond donors (Lipinski definition) is 4. The number of carbonyl (C=O) groups is 2. The van der Waals surface area contributed by atoms with Crippen LogP contribution in [0.4, 0.5) is 0 Å². The summed E-state index contributed by atoms with van der Waals surface area (Å²) in [5.74, 6) is -0.909. The molecule has 4 aromatic rings. The maximum atomic E-state index is 14.3. The predicted molar refractivity (Wildman–Crippen MR) is 180 cm³/mol. The summed E-state index contributed by atoms with van der Waals surface area (Å²) in [7, 11) is 0. The van der Waals surface area contributed by atoms with Crippen LogP contribution in [0.15, 0.2) is 84.9 Å². The van der Waals surface area contributed by atoms with Crippen molar-refractivity contribution in [2.45, 2.75) is 101 Å². The van der Waals surface area contributed by atoms with Crippen LogP contribution in [-0.2, 0) is 9.59 Å². The Morgan fingerprint density at radius 3 is 1.33 bits per heavy atom. The second-order valence-electron chi connectivity index (χ2n) is 13.9. The van der Waals surface area contributed by atoms with E-state index in [1.54, 1.807) is 13.8 Å². The van der Waals surface area contributed by atoms with Gasteiger partial charge in [0.1, 0.15) is 5.41 Å². The van der Waals surface area contributed by atoms with E-state index < -0.39 is 40.5 Å². The topological polar surface area (TPSA) is 98.7 Å². The van der Waals surface area contributed by atoms with Gasteiger partial charge in [-0.3, -0.25) is 9.59 Å². The van der Waals surface area contributed by atoms with E-state index in [1.807, 2.05) is 84.9 Å². The Morgan fingerprint density at radius 1 is 0.578 bits per heavy atom. The minimum absolute atomic E-state index is 0.454. The highest BCUT2D eigenvalue weighted by molar-refractivity contribution is 6.05. The van der Waals surface area contributed by atoms with E-state index in [1.165, 1.54) is 0 Å². The molecule has 2 atom stereocenters. The molecule has 0 spiro atoms. The molecule has 2 amide bonds. The quantitative estimate of drug-likeness (QED) is 0.157. The molecule has 236 valence electrons. The fourth-order valence-corrected chi connectivity index (χ4v) is 7.64. The Morgan fingerprint density at radius 2 is 0.933 bits per heavy atom. The van der Waals surface area contributed by atoms with Gasteiger partial charge in [-0.1, -0.05) is 123 Å². The SMILES string of the molecule is CC(C)(C(=O)N[C@@H](c1cccc2ccccc12)C1(O)CCCCC1)C(=O)N[C@@H](c1cccc2ccccc12)C1(O)CCCCC1. The molecular formula is C39H46N2O4. The molecule has 6 heteroatoms. The Labute approximate surface area is 266 Å². The van der Waals surface area contributed by atoms with Crippen molar-refractivity contribution < 1.29 is 19.8 Å². The summed E-state index contributed by atoms with van der Waals surface area (Å²) in [6, 6.07) is 26.6. The lowest BCUT2D eigenvalue weighted by Gasteiger charge is -2.42. The molecule has 0 bridgehead atoms. The first-order valence-electron chi connectivity index (χ1n) is 16.6. The summed E-state index contributed by atoms with van der Waals surface area (Å²) < 4.78 is 0. The Bertz CT molecular complexity index is 1550. The van der Waals surface area contributed by atoms with E-state index in [0.717, 1.165) is 71.2 Å². The molecule has 4 aromatic carbocycles. The van der Waals surface area contributed by atoms with E-state index in [4.69, 9.17) is 0 Å².